The maximum atomic E-state index is 14.9. The number of anilines is 2. The van der Waals surface area contributed by atoms with E-state index in [4.69, 9.17) is 4.74 Å². The first-order chi connectivity index (χ1) is 17.6. The molecule has 12 heteroatoms. The second-order valence-electron chi connectivity index (χ2n) is 8.00. The van der Waals surface area contributed by atoms with Crippen LogP contribution in [0, 0.1) is 16.3 Å². The SMILES string of the molecule is CCOC(=O)CSc1cccc(Nc2c(C)c(=O)n(C)c3c2c(=O)[nH]c(=O)n3-c2ccc(I)cc2F)c1. The van der Waals surface area contributed by atoms with Crippen molar-refractivity contribution in [1.29, 1.82) is 0 Å². The molecule has 2 heterocycles. The molecule has 4 rings (SSSR count). The first-order valence-corrected chi connectivity index (χ1v) is 13.2. The van der Waals surface area contributed by atoms with Gasteiger partial charge in [-0.25, -0.2) is 13.8 Å². The molecule has 9 nitrogen and oxygen atoms in total. The number of esters is 1. The molecule has 0 saturated heterocycles. The summed E-state index contributed by atoms with van der Waals surface area (Å²) in [7, 11) is 1.42. The number of nitrogens with zero attached hydrogens (tertiary/aromatic N) is 2. The molecule has 2 aromatic heterocycles. The quantitative estimate of drug-likeness (QED) is 0.180. The van der Waals surface area contributed by atoms with Crippen molar-refractivity contribution < 1.29 is 13.9 Å². The van der Waals surface area contributed by atoms with Gasteiger partial charge in [0.25, 0.3) is 11.1 Å². The number of H-pyrrole nitrogens is 1. The maximum Gasteiger partial charge on any atom is 0.334 e. The van der Waals surface area contributed by atoms with Gasteiger partial charge in [0.2, 0.25) is 0 Å². The van der Waals surface area contributed by atoms with E-state index in [-0.39, 0.29) is 39.7 Å². The number of benzene rings is 2. The lowest BCUT2D eigenvalue weighted by Gasteiger charge is -2.18. The minimum absolute atomic E-state index is 0.0155. The van der Waals surface area contributed by atoms with Gasteiger partial charge in [0.15, 0.2) is 0 Å². The number of hydrogen-bond donors (Lipinski definition) is 2. The van der Waals surface area contributed by atoms with Crippen molar-refractivity contribution >= 4 is 62.7 Å². The van der Waals surface area contributed by atoms with Crippen LogP contribution in [0.1, 0.15) is 12.5 Å². The van der Waals surface area contributed by atoms with Crippen molar-refractivity contribution in [3.05, 3.63) is 88.6 Å². The lowest BCUT2D eigenvalue weighted by atomic mass is 10.1. The summed E-state index contributed by atoms with van der Waals surface area (Å²) in [6.07, 6.45) is 0. The molecule has 0 amide bonds. The molecule has 0 radical (unpaired) electrons. The number of rotatable bonds is 7. The second kappa shape index (κ2) is 10.9. The van der Waals surface area contributed by atoms with Gasteiger partial charge in [-0.05, 0) is 72.8 Å². The number of nitrogens with one attached hydrogen (secondary N) is 2. The van der Waals surface area contributed by atoms with Gasteiger partial charge in [0.05, 0.1) is 23.7 Å². The lowest BCUT2D eigenvalue weighted by molar-refractivity contribution is -0.139. The molecule has 0 atom stereocenters. The van der Waals surface area contributed by atoms with Gasteiger partial charge in [-0.15, -0.1) is 11.8 Å². The summed E-state index contributed by atoms with van der Waals surface area (Å²) in [4.78, 5) is 53.9. The minimum atomic E-state index is -0.875. The highest BCUT2D eigenvalue weighted by Gasteiger charge is 2.22. The number of ether oxygens (including phenoxy) is 1. The van der Waals surface area contributed by atoms with Crippen LogP contribution in [-0.2, 0) is 16.6 Å². The molecular weight excluding hydrogens is 614 g/mol. The van der Waals surface area contributed by atoms with E-state index in [0.29, 0.717) is 15.9 Å². The summed E-state index contributed by atoms with van der Waals surface area (Å²) < 4.78 is 22.7. The van der Waals surface area contributed by atoms with Crippen LogP contribution >= 0.6 is 34.4 Å². The number of halogens is 2. The van der Waals surface area contributed by atoms with E-state index in [0.717, 1.165) is 14.0 Å². The van der Waals surface area contributed by atoms with E-state index < -0.39 is 22.6 Å². The van der Waals surface area contributed by atoms with Crippen molar-refractivity contribution in [3.63, 3.8) is 0 Å². The van der Waals surface area contributed by atoms with E-state index in [1.807, 2.05) is 28.7 Å². The third-order valence-electron chi connectivity index (χ3n) is 5.57. The first-order valence-electron chi connectivity index (χ1n) is 11.1. The molecule has 37 heavy (non-hydrogen) atoms. The Labute approximate surface area is 227 Å². The number of thioether (sulfide) groups is 1. The summed E-state index contributed by atoms with van der Waals surface area (Å²) in [5.74, 6) is -0.902. The van der Waals surface area contributed by atoms with Crippen LogP contribution in [-0.4, -0.2) is 32.4 Å². The largest absolute Gasteiger partial charge is 0.465 e. The van der Waals surface area contributed by atoms with E-state index >= 15 is 0 Å². The summed E-state index contributed by atoms with van der Waals surface area (Å²) in [6, 6.07) is 11.4. The summed E-state index contributed by atoms with van der Waals surface area (Å²) in [5, 5.41) is 3.14. The fourth-order valence-corrected chi connectivity index (χ4v) is 5.11. The zero-order valence-corrected chi connectivity index (χ0v) is 23.0. The summed E-state index contributed by atoms with van der Waals surface area (Å²) in [6.45, 7) is 3.59. The van der Waals surface area contributed by atoms with Crippen molar-refractivity contribution in [2.75, 3.05) is 17.7 Å². The highest BCUT2D eigenvalue weighted by atomic mass is 127. The third-order valence-corrected chi connectivity index (χ3v) is 7.21. The van der Waals surface area contributed by atoms with Crippen molar-refractivity contribution in [2.45, 2.75) is 18.7 Å². The lowest BCUT2D eigenvalue weighted by Crippen LogP contribution is -2.35. The van der Waals surface area contributed by atoms with Gasteiger partial charge in [0.1, 0.15) is 16.9 Å². The number of aryl methyl sites for hydroxylation is 1. The molecule has 0 saturated carbocycles. The molecule has 2 N–H and O–H groups in total. The van der Waals surface area contributed by atoms with E-state index in [1.165, 1.54) is 30.9 Å². The Morgan fingerprint density at radius 1 is 1.19 bits per heavy atom. The number of aromatic amines is 1. The van der Waals surface area contributed by atoms with E-state index in [9.17, 15) is 23.6 Å². The van der Waals surface area contributed by atoms with E-state index in [2.05, 4.69) is 10.3 Å². The Bertz CT molecular complexity index is 1710. The average Bonchev–Trinajstić information content (AvgIpc) is 2.85. The molecule has 192 valence electrons. The molecule has 0 aliphatic heterocycles. The van der Waals surface area contributed by atoms with Gasteiger partial charge in [-0.2, -0.15) is 0 Å². The minimum Gasteiger partial charge on any atom is -0.465 e. The molecule has 0 unspecified atom stereocenters. The summed E-state index contributed by atoms with van der Waals surface area (Å²) in [5.41, 5.74) is -1.26. The maximum absolute atomic E-state index is 14.9. The molecular formula is C25H22FIN4O5S. The Kier molecular flexibility index (Phi) is 7.87. The predicted molar refractivity (Wildman–Crippen MR) is 150 cm³/mol. The van der Waals surface area contributed by atoms with Crippen LogP contribution in [0.5, 0.6) is 0 Å². The smallest absolute Gasteiger partial charge is 0.334 e. The number of carbonyl (C=O) groups excluding carboxylic acids is 1. The van der Waals surface area contributed by atoms with Gasteiger partial charge in [0, 0.05) is 26.8 Å². The molecule has 0 aliphatic carbocycles. The number of hydrogen-bond acceptors (Lipinski definition) is 7. The Morgan fingerprint density at radius 3 is 2.65 bits per heavy atom. The predicted octanol–water partition coefficient (Wildman–Crippen LogP) is 3.83. The van der Waals surface area contributed by atoms with Crippen LogP contribution in [0.2, 0.25) is 0 Å². The monoisotopic (exact) mass is 636 g/mol. The Balaban J connectivity index is 1.90. The molecule has 0 aliphatic rings. The highest BCUT2D eigenvalue weighted by molar-refractivity contribution is 14.1. The van der Waals surface area contributed by atoms with Crippen molar-refractivity contribution in [3.8, 4) is 5.69 Å². The Hall–Kier alpha value is -3.39. The number of pyridine rings is 1. The van der Waals surface area contributed by atoms with Crippen LogP contribution in [0.25, 0.3) is 16.7 Å². The normalized spacial score (nSPS) is 11.1. The summed E-state index contributed by atoms with van der Waals surface area (Å²) >= 11 is 3.22. The van der Waals surface area contributed by atoms with E-state index in [1.54, 1.807) is 38.1 Å². The van der Waals surface area contributed by atoms with Gasteiger partial charge in [-0.1, -0.05) is 6.07 Å². The van der Waals surface area contributed by atoms with Gasteiger partial charge >= 0.3 is 11.7 Å². The van der Waals surface area contributed by atoms with Crippen LogP contribution < -0.4 is 22.1 Å². The first kappa shape index (κ1) is 26.7. The molecule has 0 spiro atoms. The van der Waals surface area contributed by atoms with Gasteiger partial charge in [-0.3, -0.25) is 23.9 Å². The van der Waals surface area contributed by atoms with Crippen molar-refractivity contribution in [2.24, 2.45) is 7.05 Å². The molecule has 0 fully saturated rings. The fraction of sp³-hybridized carbons (Fsp3) is 0.200. The third kappa shape index (κ3) is 5.34. The molecule has 0 bridgehead atoms. The van der Waals surface area contributed by atoms with Crippen molar-refractivity contribution in [1.82, 2.24) is 14.1 Å². The molecule has 4 aromatic rings. The average molecular weight is 636 g/mol. The fourth-order valence-electron chi connectivity index (χ4n) is 3.91. The second-order valence-corrected chi connectivity index (χ2v) is 10.3. The molecule has 2 aromatic carbocycles. The zero-order chi connectivity index (χ0) is 26.9. The van der Waals surface area contributed by atoms with Gasteiger partial charge < -0.3 is 10.1 Å². The number of aromatic nitrogens is 3. The topological polar surface area (TPSA) is 115 Å². The zero-order valence-electron chi connectivity index (χ0n) is 20.1. The number of fused-ring (bicyclic) bond motifs is 1. The number of carbonyl (C=O) groups is 1. The highest BCUT2D eigenvalue weighted by Crippen LogP contribution is 2.29. The Morgan fingerprint density at radius 2 is 1.95 bits per heavy atom. The van der Waals surface area contributed by atoms with Crippen LogP contribution in [0.3, 0.4) is 0 Å². The van der Waals surface area contributed by atoms with Crippen LogP contribution in [0.4, 0.5) is 15.8 Å². The van der Waals surface area contributed by atoms with Crippen LogP contribution in [0.15, 0.2) is 61.7 Å². The standard InChI is InChI=1S/C25H22FIN4O5S/c1-4-36-19(32)12-37-16-7-5-6-15(11-16)28-21-13(2)24(34)30(3)23-20(21)22(33)29-25(35)31(23)18-9-8-14(27)10-17(18)26/h5-11,28H,4,12H2,1-3H3,(H,29,33,35).